The first-order valence-corrected chi connectivity index (χ1v) is 7.68. The monoisotopic (exact) mass is 281 g/mol. The van der Waals surface area contributed by atoms with E-state index in [1.165, 1.54) is 19.4 Å². The molecule has 2 aliphatic heterocycles. The van der Waals surface area contributed by atoms with E-state index in [1.54, 1.807) is 6.07 Å². The van der Waals surface area contributed by atoms with E-state index in [9.17, 15) is 0 Å². The number of piperidine rings is 1. The van der Waals surface area contributed by atoms with Crippen molar-refractivity contribution in [2.24, 2.45) is 0 Å². The Labute approximate surface area is 124 Å². The standard InChI is InChI=1S/C16H19N5/c17-10-11-3-4-14-15(8-11)21(16(18)19-14)13-5-7-20-6-1-2-12(20)9-13/h3-4,8,12-13H,1-2,5-7,9H2,(H2,18,19). The minimum atomic E-state index is 0.406. The molecular formula is C16H19N5. The van der Waals surface area contributed by atoms with Crippen LogP contribution in [-0.4, -0.2) is 33.6 Å². The van der Waals surface area contributed by atoms with Gasteiger partial charge in [0, 0.05) is 18.6 Å². The average Bonchev–Trinajstić information content (AvgIpc) is 3.08. The van der Waals surface area contributed by atoms with Gasteiger partial charge in [0.25, 0.3) is 0 Å². The Morgan fingerprint density at radius 2 is 2.14 bits per heavy atom. The summed E-state index contributed by atoms with van der Waals surface area (Å²) in [5.74, 6) is 0.580. The zero-order valence-corrected chi connectivity index (χ0v) is 12.0. The topological polar surface area (TPSA) is 70.9 Å². The molecule has 2 saturated heterocycles. The highest BCUT2D eigenvalue weighted by Crippen LogP contribution is 2.36. The Hall–Kier alpha value is -2.06. The van der Waals surface area contributed by atoms with Gasteiger partial charge in [-0.05, 0) is 50.4 Å². The van der Waals surface area contributed by atoms with Gasteiger partial charge < -0.3 is 15.2 Å². The second-order valence-electron chi connectivity index (χ2n) is 6.17. The number of nitrogen functional groups attached to an aromatic ring is 1. The minimum Gasteiger partial charge on any atom is -0.369 e. The van der Waals surface area contributed by atoms with Crippen LogP contribution in [0.4, 0.5) is 5.95 Å². The Kier molecular flexibility index (Phi) is 2.86. The van der Waals surface area contributed by atoms with Crippen molar-refractivity contribution in [3.05, 3.63) is 23.8 Å². The smallest absolute Gasteiger partial charge is 0.201 e. The maximum Gasteiger partial charge on any atom is 0.201 e. The number of benzene rings is 1. The molecule has 2 atom stereocenters. The average molecular weight is 281 g/mol. The van der Waals surface area contributed by atoms with Gasteiger partial charge in [-0.2, -0.15) is 5.26 Å². The lowest BCUT2D eigenvalue weighted by atomic mass is 9.97. The highest BCUT2D eigenvalue weighted by molar-refractivity contribution is 5.80. The first-order chi connectivity index (χ1) is 10.3. The van der Waals surface area contributed by atoms with E-state index in [0.29, 0.717) is 23.6 Å². The van der Waals surface area contributed by atoms with Gasteiger partial charge in [-0.25, -0.2) is 4.98 Å². The summed E-state index contributed by atoms with van der Waals surface area (Å²) in [6.07, 6.45) is 4.87. The molecule has 1 aromatic heterocycles. The van der Waals surface area contributed by atoms with E-state index in [0.717, 1.165) is 30.4 Å². The van der Waals surface area contributed by atoms with E-state index in [4.69, 9.17) is 11.0 Å². The number of nitriles is 1. The third-order valence-electron chi connectivity index (χ3n) is 5.00. The van der Waals surface area contributed by atoms with Crippen molar-refractivity contribution in [2.75, 3.05) is 18.8 Å². The molecule has 0 saturated carbocycles. The van der Waals surface area contributed by atoms with Crippen LogP contribution >= 0.6 is 0 Å². The summed E-state index contributed by atoms with van der Waals surface area (Å²) < 4.78 is 2.16. The predicted octanol–water partition coefficient (Wildman–Crippen LogP) is 2.29. The van der Waals surface area contributed by atoms with Gasteiger partial charge >= 0.3 is 0 Å². The van der Waals surface area contributed by atoms with Crippen LogP contribution < -0.4 is 5.73 Å². The Morgan fingerprint density at radius 3 is 3.00 bits per heavy atom. The van der Waals surface area contributed by atoms with E-state index < -0.39 is 0 Å². The third-order valence-corrected chi connectivity index (χ3v) is 5.00. The number of anilines is 1. The molecule has 5 heteroatoms. The second kappa shape index (κ2) is 4.74. The molecule has 2 aliphatic rings. The van der Waals surface area contributed by atoms with E-state index >= 15 is 0 Å². The van der Waals surface area contributed by atoms with Crippen molar-refractivity contribution in [2.45, 2.75) is 37.8 Å². The zero-order chi connectivity index (χ0) is 14.4. The molecule has 2 fully saturated rings. The summed E-state index contributed by atoms with van der Waals surface area (Å²) >= 11 is 0. The molecule has 2 aromatic rings. The van der Waals surface area contributed by atoms with Crippen molar-refractivity contribution in [3.8, 4) is 6.07 Å². The normalized spacial score (nSPS) is 25.9. The van der Waals surface area contributed by atoms with Gasteiger partial charge in [-0.3, -0.25) is 0 Å². The number of hydrogen-bond acceptors (Lipinski definition) is 4. The van der Waals surface area contributed by atoms with Crippen LogP contribution in [0.15, 0.2) is 18.2 Å². The number of nitrogens with zero attached hydrogens (tertiary/aromatic N) is 4. The molecule has 2 unspecified atom stereocenters. The van der Waals surface area contributed by atoms with Gasteiger partial charge in [-0.15, -0.1) is 0 Å². The molecular weight excluding hydrogens is 262 g/mol. The van der Waals surface area contributed by atoms with Gasteiger partial charge in [0.2, 0.25) is 5.95 Å². The lowest BCUT2D eigenvalue weighted by Crippen LogP contribution is -2.38. The van der Waals surface area contributed by atoms with Crippen LogP contribution in [0, 0.1) is 11.3 Å². The lowest BCUT2D eigenvalue weighted by Gasteiger charge is -2.35. The summed E-state index contributed by atoms with van der Waals surface area (Å²) in [5, 5.41) is 9.11. The molecule has 1 aromatic carbocycles. The summed E-state index contributed by atoms with van der Waals surface area (Å²) in [4.78, 5) is 7.07. The maximum absolute atomic E-state index is 9.11. The lowest BCUT2D eigenvalue weighted by molar-refractivity contribution is 0.158. The van der Waals surface area contributed by atoms with Crippen molar-refractivity contribution in [1.82, 2.24) is 14.5 Å². The largest absolute Gasteiger partial charge is 0.369 e. The molecule has 2 N–H and O–H groups in total. The summed E-state index contributed by atoms with van der Waals surface area (Å²) in [6, 6.07) is 8.92. The SMILES string of the molecule is N#Cc1ccc2nc(N)n(C3CCN4CCCC4C3)c2c1. The molecule has 3 heterocycles. The van der Waals surface area contributed by atoms with Crippen LogP contribution in [0.2, 0.25) is 0 Å². The van der Waals surface area contributed by atoms with Crippen molar-refractivity contribution in [1.29, 1.82) is 5.26 Å². The Balaban J connectivity index is 1.75. The summed E-state index contributed by atoms with van der Waals surface area (Å²) in [5.41, 5.74) is 8.73. The Bertz CT molecular complexity index is 726. The Morgan fingerprint density at radius 1 is 1.24 bits per heavy atom. The first-order valence-electron chi connectivity index (χ1n) is 7.68. The van der Waals surface area contributed by atoms with Crippen molar-refractivity contribution in [3.63, 3.8) is 0 Å². The van der Waals surface area contributed by atoms with Gasteiger partial charge in [-0.1, -0.05) is 0 Å². The highest BCUT2D eigenvalue weighted by atomic mass is 15.2. The van der Waals surface area contributed by atoms with Crippen molar-refractivity contribution >= 4 is 17.0 Å². The van der Waals surface area contributed by atoms with E-state index in [1.807, 2.05) is 12.1 Å². The van der Waals surface area contributed by atoms with E-state index in [2.05, 4.69) is 20.5 Å². The molecule has 108 valence electrons. The molecule has 21 heavy (non-hydrogen) atoms. The number of aromatic nitrogens is 2. The zero-order valence-electron chi connectivity index (χ0n) is 12.0. The first kappa shape index (κ1) is 12.7. The molecule has 0 spiro atoms. The number of hydrogen-bond donors (Lipinski definition) is 1. The van der Waals surface area contributed by atoms with Gasteiger partial charge in [0.15, 0.2) is 0 Å². The molecule has 0 aliphatic carbocycles. The highest BCUT2D eigenvalue weighted by Gasteiger charge is 2.33. The molecule has 0 amide bonds. The minimum absolute atomic E-state index is 0.406. The van der Waals surface area contributed by atoms with Crippen LogP contribution in [0.1, 0.15) is 37.3 Å². The fourth-order valence-corrected chi connectivity index (χ4v) is 4.00. The van der Waals surface area contributed by atoms with E-state index in [-0.39, 0.29) is 0 Å². The molecule has 5 nitrogen and oxygen atoms in total. The fourth-order valence-electron chi connectivity index (χ4n) is 4.00. The summed E-state index contributed by atoms with van der Waals surface area (Å²) in [6.45, 7) is 2.39. The van der Waals surface area contributed by atoms with Crippen LogP contribution in [0.5, 0.6) is 0 Å². The number of fused-ring (bicyclic) bond motifs is 2. The fraction of sp³-hybridized carbons (Fsp3) is 0.500. The van der Waals surface area contributed by atoms with Crippen molar-refractivity contribution < 1.29 is 0 Å². The third kappa shape index (κ3) is 1.98. The van der Waals surface area contributed by atoms with Crippen LogP contribution in [0.3, 0.4) is 0 Å². The number of imidazole rings is 1. The number of nitrogens with two attached hydrogens (primary N) is 1. The maximum atomic E-state index is 9.11. The second-order valence-corrected chi connectivity index (χ2v) is 6.17. The molecule has 0 bridgehead atoms. The predicted molar refractivity (Wildman–Crippen MR) is 81.7 cm³/mol. The van der Waals surface area contributed by atoms with Gasteiger partial charge in [0.1, 0.15) is 0 Å². The molecule has 0 radical (unpaired) electrons. The van der Waals surface area contributed by atoms with Crippen LogP contribution in [-0.2, 0) is 0 Å². The van der Waals surface area contributed by atoms with Crippen LogP contribution in [0.25, 0.3) is 11.0 Å². The quantitative estimate of drug-likeness (QED) is 0.870. The number of rotatable bonds is 1. The van der Waals surface area contributed by atoms with Gasteiger partial charge in [0.05, 0.1) is 22.7 Å². The molecule has 4 rings (SSSR count). The summed E-state index contributed by atoms with van der Waals surface area (Å²) in [7, 11) is 0.